The van der Waals surface area contributed by atoms with Crippen LogP contribution >= 0.6 is 24.4 Å². The van der Waals surface area contributed by atoms with E-state index in [1.165, 1.54) is 0 Å². The Morgan fingerprint density at radius 1 is 0.821 bits per heavy atom. The molecular weight excluding hydrogens is 392 g/mol. The Morgan fingerprint density at radius 3 is 1.54 bits per heavy atom. The van der Waals surface area contributed by atoms with Crippen molar-refractivity contribution in [3.63, 3.8) is 0 Å². The Morgan fingerprint density at radius 2 is 1.21 bits per heavy atom. The van der Waals surface area contributed by atoms with E-state index >= 15 is 0 Å². The SMILES string of the molecule is CCN1C(=O)/C(=C/c2cccc(/C=C3/C(=O)N(CC)C(=S)N3C)c2)N(C)C1=S. The lowest BCUT2D eigenvalue weighted by molar-refractivity contribution is -0.123. The minimum atomic E-state index is -0.103. The molecule has 6 nitrogen and oxygen atoms in total. The van der Waals surface area contributed by atoms with Gasteiger partial charge in [0.2, 0.25) is 0 Å². The minimum absolute atomic E-state index is 0.103. The summed E-state index contributed by atoms with van der Waals surface area (Å²) in [4.78, 5) is 31.7. The number of carbonyl (C=O) groups is 2. The van der Waals surface area contributed by atoms with Crippen LogP contribution in [0.4, 0.5) is 0 Å². The van der Waals surface area contributed by atoms with E-state index in [9.17, 15) is 9.59 Å². The predicted octanol–water partition coefficient (Wildman–Crippen LogP) is 2.53. The van der Waals surface area contributed by atoms with Crippen LogP contribution in [-0.4, -0.2) is 68.8 Å². The molecule has 0 N–H and O–H groups in total. The highest BCUT2D eigenvalue weighted by Crippen LogP contribution is 2.24. The van der Waals surface area contributed by atoms with Crippen LogP contribution in [0.2, 0.25) is 0 Å². The summed E-state index contributed by atoms with van der Waals surface area (Å²) < 4.78 is 0. The largest absolute Gasteiger partial charge is 0.317 e. The zero-order valence-electron chi connectivity index (χ0n) is 16.3. The van der Waals surface area contributed by atoms with Crippen molar-refractivity contribution in [2.75, 3.05) is 27.2 Å². The fraction of sp³-hybridized carbons (Fsp3) is 0.300. The summed E-state index contributed by atoms with van der Waals surface area (Å²) in [6, 6.07) is 7.65. The number of hydrogen-bond donors (Lipinski definition) is 0. The highest BCUT2D eigenvalue weighted by Gasteiger charge is 2.35. The van der Waals surface area contributed by atoms with E-state index in [2.05, 4.69) is 0 Å². The van der Waals surface area contributed by atoms with Crippen LogP contribution in [0.25, 0.3) is 12.2 Å². The molecule has 1 aromatic rings. The van der Waals surface area contributed by atoms with E-state index in [1.807, 2.05) is 50.3 Å². The normalized spacial score (nSPS) is 20.6. The van der Waals surface area contributed by atoms with Crippen LogP contribution in [0.5, 0.6) is 0 Å². The highest BCUT2D eigenvalue weighted by atomic mass is 32.1. The van der Waals surface area contributed by atoms with Crippen LogP contribution in [0.3, 0.4) is 0 Å². The zero-order valence-corrected chi connectivity index (χ0v) is 17.9. The summed E-state index contributed by atoms with van der Waals surface area (Å²) in [5.41, 5.74) is 2.77. The molecule has 2 amide bonds. The van der Waals surface area contributed by atoms with E-state index in [-0.39, 0.29) is 11.8 Å². The number of benzene rings is 1. The number of rotatable bonds is 4. The van der Waals surface area contributed by atoms with Crippen LogP contribution < -0.4 is 0 Å². The molecule has 2 heterocycles. The van der Waals surface area contributed by atoms with Gasteiger partial charge in [0.25, 0.3) is 11.8 Å². The molecule has 0 bridgehead atoms. The number of amides is 2. The standard InChI is InChI=1S/C20H22N4O2S2/c1-5-23-17(25)15(21(3)19(23)27)11-13-8-7-9-14(10-13)12-16-18(26)24(6-2)20(28)22(16)4/h7-12H,5-6H2,1-4H3/b15-11-,16-12-. The van der Waals surface area contributed by atoms with Crippen LogP contribution in [0.15, 0.2) is 35.7 Å². The molecule has 0 aromatic heterocycles. The molecule has 2 aliphatic rings. The zero-order chi connectivity index (χ0) is 20.6. The van der Waals surface area contributed by atoms with Gasteiger partial charge >= 0.3 is 0 Å². The second-order valence-electron chi connectivity index (χ2n) is 6.51. The second-order valence-corrected chi connectivity index (χ2v) is 7.24. The quantitative estimate of drug-likeness (QED) is 0.557. The van der Waals surface area contributed by atoms with Crippen molar-refractivity contribution >= 4 is 58.6 Å². The third-order valence-corrected chi connectivity index (χ3v) is 5.83. The predicted molar refractivity (Wildman–Crippen MR) is 118 cm³/mol. The molecule has 2 saturated heterocycles. The first-order valence-electron chi connectivity index (χ1n) is 9.02. The van der Waals surface area contributed by atoms with Crippen molar-refractivity contribution in [3.8, 4) is 0 Å². The Labute approximate surface area is 175 Å². The average Bonchev–Trinajstić information content (AvgIpc) is 3.01. The van der Waals surface area contributed by atoms with E-state index in [0.717, 1.165) is 11.1 Å². The average molecular weight is 415 g/mol. The molecule has 146 valence electrons. The van der Waals surface area contributed by atoms with E-state index in [4.69, 9.17) is 24.4 Å². The first-order valence-corrected chi connectivity index (χ1v) is 9.84. The summed E-state index contributed by atoms with van der Waals surface area (Å²) in [5, 5.41) is 1.01. The third-order valence-electron chi connectivity index (χ3n) is 4.84. The summed E-state index contributed by atoms with van der Waals surface area (Å²) in [6.45, 7) is 4.86. The van der Waals surface area contributed by atoms with Gasteiger partial charge in [-0.1, -0.05) is 18.2 Å². The van der Waals surface area contributed by atoms with Gasteiger partial charge in [0.15, 0.2) is 10.2 Å². The number of likely N-dealkylation sites (N-methyl/N-ethyl adjacent to an activating group) is 4. The van der Waals surface area contributed by atoms with Crippen LogP contribution in [0.1, 0.15) is 25.0 Å². The van der Waals surface area contributed by atoms with E-state index < -0.39 is 0 Å². The molecular formula is C20H22N4O2S2. The lowest BCUT2D eigenvalue weighted by atomic mass is 10.1. The first-order chi connectivity index (χ1) is 13.3. The molecule has 2 aliphatic heterocycles. The summed E-state index contributed by atoms with van der Waals surface area (Å²) in [5.74, 6) is -0.207. The molecule has 0 saturated carbocycles. The Kier molecular flexibility index (Phi) is 5.62. The molecule has 28 heavy (non-hydrogen) atoms. The molecule has 0 spiro atoms. The van der Waals surface area contributed by atoms with Crippen molar-refractivity contribution in [1.82, 2.24) is 19.6 Å². The maximum Gasteiger partial charge on any atom is 0.276 e. The molecule has 0 radical (unpaired) electrons. The molecule has 1 aromatic carbocycles. The Bertz CT molecular complexity index is 867. The second kappa shape index (κ2) is 7.81. The van der Waals surface area contributed by atoms with E-state index in [0.29, 0.717) is 34.7 Å². The summed E-state index contributed by atoms with van der Waals surface area (Å²) >= 11 is 10.7. The lowest BCUT2D eigenvalue weighted by Crippen LogP contribution is -2.30. The van der Waals surface area contributed by atoms with Crippen molar-refractivity contribution in [1.29, 1.82) is 0 Å². The van der Waals surface area contributed by atoms with Gasteiger partial charge in [0.1, 0.15) is 11.4 Å². The number of nitrogens with zero attached hydrogens (tertiary/aromatic N) is 4. The Hall–Kier alpha value is -2.58. The van der Waals surface area contributed by atoms with Gasteiger partial charge in [0.05, 0.1) is 0 Å². The van der Waals surface area contributed by atoms with Crippen LogP contribution in [-0.2, 0) is 9.59 Å². The fourth-order valence-corrected chi connectivity index (χ4v) is 3.86. The molecule has 0 aliphatic carbocycles. The van der Waals surface area contributed by atoms with Gasteiger partial charge in [-0.3, -0.25) is 19.4 Å². The first kappa shape index (κ1) is 20.2. The third kappa shape index (κ3) is 3.33. The topological polar surface area (TPSA) is 47.1 Å². The van der Waals surface area contributed by atoms with Gasteiger partial charge in [0, 0.05) is 27.2 Å². The van der Waals surface area contributed by atoms with Crippen molar-refractivity contribution in [2.24, 2.45) is 0 Å². The highest BCUT2D eigenvalue weighted by molar-refractivity contribution is 7.80. The monoisotopic (exact) mass is 414 g/mol. The van der Waals surface area contributed by atoms with Gasteiger partial charge in [-0.05, 0) is 67.6 Å². The molecule has 3 rings (SSSR count). The summed E-state index contributed by atoms with van der Waals surface area (Å²) in [6.07, 6.45) is 3.63. The minimum Gasteiger partial charge on any atom is -0.317 e. The fourth-order valence-electron chi connectivity index (χ4n) is 3.23. The summed E-state index contributed by atoms with van der Waals surface area (Å²) in [7, 11) is 3.58. The van der Waals surface area contributed by atoms with E-state index in [1.54, 1.807) is 33.7 Å². The maximum atomic E-state index is 12.6. The smallest absolute Gasteiger partial charge is 0.276 e. The van der Waals surface area contributed by atoms with Crippen molar-refractivity contribution in [2.45, 2.75) is 13.8 Å². The number of carbonyl (C=O) groups excluding carboxylic acids is 2. The maximum absolute atomic E-state index is 12.6. The number of hydrogen-bond acceptors (Lipinski definition) is 4. The lowest BCUT2D eigenvalue weighted by Gasteiger charge is -2.13. The van der Waals surface area contributed by atoms with Crippen molar-refractivity contribution in [3.05, 3.63) is 46.8 Å². The van der Waals surface area contributed by atoms with Gasteiger partial charge < -0.3 is 9.80 Å². The Balaban J connectivity index is 1.94. The molecule has 0 atom stereocenters. The number of thiocarbonyl (C=S) groups is 2. The van der Waals surface area contributed by atoms with Gasteiger partial charge in [-0.2, -0.15) is 0 Å². The van der Waals surface area contributed by atoms with Gasteiger partial charge in [-0.15, -0.1) is 0 Å². The van der Waals surface area contributed by atoms with Gasteiger partial charge in [-0.25, -0.2) is 0 Å². The van der Waals surface area contributed by atoms with Crippen molar-refractivity contribution < 1.29 is 9.59 Å². The molecule has 0 unspecified atom stereocenters. The molecule has 8 heteroatoms. The van der Waals surface area contributed by atoms with Crippen LogP contribution in [0, 0.1) is 0 Å². The molecule has 2 fully saturated rings.